The van der Waals surface area contributed by atoms with Crippen LogP contribution in [0, 0.1) is 6.92 Å². The van der Waals surface area contributed by atoms with E-state index in [-0.39, 0.29) is 20.6 Å². The number of ether oxygens (including phenoxy) is 1. The molecule has 2 aromatic rings. The Morgan fingerprint density at radius 1 is 1.03 bits per heavy atom. The molecule has 0 aromatic heterocycles. The number of aryl methyl sites for hydroxylation is 1. The van der Waals surface area contributed by atoms with Crippen LogP contribution in [0.3, 0.4) is 0 Å². The third-order valence-electron chi connectivity index (χ3n) is 5.28. The molecule has 2 N–H and O–H groups in total. The van der Waals surface area contributed by atoms with Crippen molar-refractivity contribution in [2.24, 2.45) is 0 Å². The number of hydrogen-bond donors (Lipinski definition) is 2. The first-order valence-corrected chi connectivity index (χ1v) is 13.6. The number of benzene rings is 2. The quantitative estimate of drug-likeness (QED) is 0.557. The van der Waals surface area contributed by atoms with Crippen molar-refractivity contribution in [2.75, 3.05) is 32.1 Å². The fourth-order valence-electron chi connectivity index (χ4n) is 3.36. The van der Waals surface area contributed by atoms with Crippen LogP contribution in [-0.4, -0.2) is 53.8 Å². The van der Waals surface area contributed by atoms with E-state index in [2.05, 4.69) is 10.0 Å². The molecule has 1 amide bonds. The maximum Gasteiger partial charge on any atom is 0.262 e. The van der Waals surface area contributed by atoms with Crippen molar-refractivity contribution in [2.45, 2.75) is 36.0 Å². The predicted octanol–water partition coefficient (Wildman–Crippen LogP) is 2.75. The van der Waals surface area contributed by atoms with Crippen molar-refractivity contribution >= 4 is 43.2 Å². The second kappa shape index (κ2) is 10.4. The first kappa shape index (κ1) is 25.4. The second-order valence-electron chi connectivity index (χ2n) is 7.58. The van der Waals surface area contributed by atoms with Gasteiger partial charge in [-0.15, -0.1) is 0 Å². The van der Waals surface area contributed by atoms with Crippen molar-refractivity contribution in [1.82, 2.24) is 9.03 Å². The van der Waals surface area contributed by atoms with Gasteiger partial charge in [0.15, 0.2) is 6.61 Å². The fourth-order valence-corrected chi connectivity index (χ4v) is 5.96. The second-order valence-corrected chi connectivity index (χ2v) is 11.8. The lowest BCUT2D eigenvalue weighted by molar-refractivity contribution is -0.118. The van der Waals surface area contributed by atoms with Crippen molar-refractivity contribution in [1.29, 1.82) is 0 Å². The summed E-state index contributed by atoms with van der Waals surface area (Å²) in [5.41, 5.74) is 0.998. The summed E-state index contributed by atoms with van der Waals surface area (Å²) in [6, 6.07) is 8.50. The standard InChI is InChI=1S/C21H26ClN3O6S2/c1-15-6-7-16(32(27,28)23-2)13-19(15)24-21(26)14-31-20-9-8-17(12-18(20)22)33(29,30)25-10-4-3-5-11-25/h6-9,12-13,23H,3-5,10-11,14H2,1-2H3,(H,24,26). The number of anilines is 1. The Bertz CT molecular complexity index is 1240. The summed E-state index contributed by atoms with van der Waals surface area (Å²) in [5, 5.41) is 2.68. The molecule has 33 heavy (non-hydrogen) atoms. The largest absolute Gasteiger partial charge is 0.482 e. The summed E-state index contributed by atoms with van der Waals surface area (Å²) in [6.07, 6.45) is 2.66. The summed E-state index contributed by atoms with van der Waals surface area (Å²) < 4.78 is 58.7. The molecule has 0 atom stereocenters. The maximum absolute atomic E-state index is 12.8. The van der Waals surface area contributed by atoms with Crippen molar-refractivity contribution < 1.29 is 26.4 Å². The summed E-state index contributed by atoms with van der Waals surface area (Å²) in [4.78, 5) is 12.5. The Kier molecular flexibility index (Phi) is 8.01. The van der Waals surface area contributed by atoms with Gasteiger partial charge in [0.05, 0.1) is 14.8 Å². The molecule has 2 aromatic carbocycles. The van der Waals surface area contributed by atoms with Gasteiger partial charge < -0.3 is 10.1 Å². The molecule has 1 saturated heterocycles. The van der Waals surface area contributed by atoms with Gasteiger partial charge in [0.25, 0.3) is 5.91 Å². The van der Waals surface area contributed by atoms with Crippen LogP contribution in [-0.2, 0) is 24.8 Å². The molecule has 0 spiro atoms. The zero-order valence-electron chi connectivity index (χ0n) is 18.3. The van der Waals surface area contributed by atoms with Crippen molar-refractivity contribution in [3.63, 3.8) is 0 Å². The van der Waals surface area contributed by atoms with Crippen molar-refractivity contribution in [3.8, 4) is 5.75 Å². The minimum absolute atomic E-state index is 0.0142. The molecule has 0 saturated carbocycles. The normalized spacial score (nSPS) is 15.2. The maximum atomic E-state index is 12.8. The molecule has 1 fully saturated rings. The van der Waals surface area contributed by atoms with Crippen LogP contribution in [0.25, 0.3) is 0 Å². The predicted molar refractivity (Wildman–Crippen MR) is 126 cm³/mol. The highest BCUT2D eigenvalue weighted by Crippen LogP contribution is 2.30. The van der Waals surface area contributed by atoms with E-state index in [1.54, 1.807) is 13.0 Å². The first-order chi connectivity index (χ1) is 15.5. The lowest BCUT2D eigenvalue weighted by atomic mass is 10.2. The van der Waals surface area contributed by atoms with E-state index < -0.39 is 32.6 Å². The molecule has 0 aliphatic carbocycles. The molecule has 1 aliphatic heterocycles. The summed E-state index contributed by atoms with van der Waals surface area (Å²) in [6.45, 7) is 2.29. The Morgan fingerprint density at radius 3 is 2.33 bits per heavy atom. The van der Waals surface area contributed by atoms with E-state index in [1.807, 2.05) is 0 Å². The monoisotopic (exact) mass is 515 g/mol. The van der Waals surface area contributed by atoms with Crippen molar-refractivity contribution in [3.05, 3.63) is 47.0 Å². The number of nitrogens with zero attached hydrogens (tertiary/aromatic N) is 1. The summed E-state index contributed by atoms with van der Waals surface area (Å²) >= 11 is 6.22. The van der Waals surface area contributed by atoms with Gasteiger partial charge in [0, 0.05) is 18.8 Å². The van der Waals surface area contributed by atoms with E-state index in [0.29, 0.717) is 24.3 Å². The highest BCUT2D eigenvalue weighted by molar-refractivity contribution is 7.89. The molecule has 0 bridgehead atoms. The van der Waals surface area contributed by atoms with Crippen LogP contribution in [0.15, 0.2) is 46.2 Å². The fraction of sp³-hybridized carbons (Fsp3) is 0.381. The lowest BCUT2D eigenvalue weighted by Gasteiger charge is -2.26. The SMILES string of the molecule is CNS(=O)(=O)c1ccc(C)c(NC(=O)COc2ccc(S(=O)(=O)N3CCCCC3)cc2Cl)c1. The van der Waals surface area contributed by atoms with Crippen LogP contribution in [0.5, 0.6) is 5.75 Å². The Morgan fingerprint density at radius 2 is 1.70 bits per heavy atom. The van der Waals surface area contributed by atoms with E-state index in [1.165, 1.54) is 41.7 Å². The van der Waals surface area contributed by atoms with Crippen LogP contribution >= 0.6 is 11.6 Å². The molecular formula is C21H26ClN3O6S2. The minimum Gasteiger partial charge on any atom is -0.482 e. The van der Waals surface area contributed by atoms with E-state index in [0.717, 1.165) is 19.3 Å². The topological polar surface area (TPSA) is 122 Å². The van der Waals surface area contributed by atoms with Crippen LogP contribution in [0.1, 0.15) is 24.8 Å². The van der Waals surface area contributed by atoms with E-state index >= 15 is 0 Å². The van der Waals surface area contributed by atoms with Gasteiger partial charge in [0.1, 0.15) is 5.75 Å². The first-order valence-electron chi connectivity index (χ1n) is 10.3. The van der Waals surface area contributed by atoms with Gasteiger partial charge in [-0.2, -0.15) is 4.31 Å². The van der Waals surface area contributed by atoms with Gasteiger partial charge in [-0.1, -0.05) is 24.1 Å². The molecule has 0 radical (unpaired) electrons. The van der Waals surface area contributed by atoms with Gasteiger partial charge in [0.2, 0.25) is 20.0 Å². The highest BCUT2D eigenvalue weighted by Gasteiger charge is 2.26. The molecule has 1 heterocycles. The third kappa shape index (κ3) is 6.04. The van der Waals surface area contributed by atoms with Gasteiger partial charge in [-0.05, 0) is 62.7 Å². The summed E-state index contributed by atoms with van der Waals surface area (Å²) in [7, 11) is -6.00. The number of sulfonamides is 2. The van der Waals surface area contributed by atoms with E-state index in [9.17, 15) is 21.6 Å². The average Bonchev–Trinajstić information content (AvgIpc) is 2.80. The summed E-state index contributed by atoms with van der Waals surface area (Å²) in [5.74, 6) is -0.370. The van der Waals surface area contributed by atoms with Crippen LogP contribution in [0.2, 0.25) is 5.02 Å². The highest BCUT2D eigenvalue weighted by atomic mass is 35.5. The van der Waals surface area contributed by atoms with E-state index in [4.69, 9.17) is 16.3 Å². The number of amides is 1. The third-order valence-corrected chi connectivity index (χ3v) is 8.88. The van der Waals surface area contributed by atoms with Crippen LogP contribution < -0.4 is 14.8 Å². The number of carbonyl (C=O) groups excluding carboxylic acids is 1. The van der Waals surface area contributed by atoms with Crippen LogP contribution in [0.4, 0.5) is 5.69 Å². The number of nitrogens with one attached hydrogen (secondary N) is 2. The lowest BCUT2D eigenvalue weighted by Crippen LogP contribution is -2.35. The average molecular weight is 516 g/mol. The molecule has 3 rings (SSSR count). The number of hydrogen-bond acceptors (Lipinski definition) is 6. The minimum atomic E-state index is -3.66. The smallest absolute Gasteiger partial charge is 0.262 e. The molecule has 9 nitrogen and oxygen atoms in total. The molecule has 0 unspecified atom stereocenters. The van der Waals surface area contributed by atoms with Gasteiger partial charge in [-0.3, -0.25) is 4.79 Å². The Hall–Kier alpha value is -2.18. The van der Waals surface area contributed by atoms with Gasteiger partial charge in [-0.25, -0.2) is 21.6 Å². The molecule has 1 aliphatic rings. The molecule has 180 valence electrons. The molecular weight excluding hydrogens is 490 g/mol. The zero-order valence-corrected chi connectivity index (χ0v) is 20.7. The Labute approximate surface area is 199 Å². The Balaban J connectivity index is 1.67. The zero-order chi connectivity index (χ0) is 24.2. The number of piperidine rings is 1. The number of rotatable bonds is 8. The molecule has 12 heteroatoms. The van der Waals surface area contributed by atoms with Gasteiger partial charge >= 0.3 is 0 Å². The number of carbonyl (C=O) groups is 1. The number of halogens is 1.